The zero-order valence-corrected chi connectivity index (χ0v) is 10.9. The summed E-state index contributed by atoms with van der Waals surface area (Å²) in [4.78, 5) is 12.1. The van der Waals surface area contributed by atoms with Crippen LogP contribution >= 0.6 is 0 Å². The van der Waals surface area contributed by atoms with Gasteiger partial charge < -0.3 is 15.4 Å². The Labute approximate surface area is 108 Å². The second kappa shape index (κ2) is 5.87. The molecule has 0 radical (unpaired) electrons. The van der Waals surface area contributed by atoms with Gasteiger partial charge in [-0.05, 0) is 49.6 Å². The minimum Gasteiger partial charge on any atom is -0.497 e. The van der Waals surface area contributed by atoms with Crippen molar-refractivity contribution in [2.24, 2.45) is 5.92 Å². The third-order valence-electron chi connectivity index (χ3n) is 3.41. The van der Waals surface area contributed by atoms with Crippen LogP contribution in [-0.4, -0.2) is 25.6 Å². The predicted molar refractivity (Wildman–Crippen MR) is 71.8 cm³/mol. The molecule has 2 N–H and O–H groups in total. The molecule has 0 spiro atoms. The average Bonchev–Trinajstić information content (AvgIpc) is 2.40. The number of carbonyl (C=O) groups is 1. The highest BCUT2D eigenvalue weighted by atomic mass is 16.5. The summed E-state index contributed by atoms with van der Waals surface area (Å²) in [6.45, 7) is 3.04. The minimum atomic E-state index is -0.0825. The van der Waals surface area contributed by atoms with Crippen molar-refractivity contribution < 1.29 is 9.53 Å². The number of ether oxygens (including phenoxy) is 1. The summed E-state index contributed by atoms with van der Waals surface area (Å²) in [5.74, 6) is 1.22. The normalized spacial score (nSPS) is 23.4. The summed E-state index contributed by atoms with van der Waals surface area (Å²) in [5.41, 5.74) is 0.806. The third-order valence-corrected chi connectivity index (χ3v) is 3.41. The Hall–Kier alpha value is -1.55. The Morgan fingerprint density at radius 2 is 2.11 bits per heavy atom. The monoisotopic (exact) mass is 248 g/mol. The molecule has 4 nitrogen and oxygen atoms in total. The van der Waals surface area contributed by atoms with Crippen LogP contribution in [0.1, 0.15) is 19.8 Å². The second-order valence-corrected chi connectivity index (χ2v) is 4.77. The summed E-state index contributed by atoms with van der Waals surface area (Å²) >= 11 is 0. The van der Waals surface area contributed by atoms with Crippen molar-refractivity contribution in [1.29, 1.82) is 0 Å². The first-order chi connectivity index (χ1) is 8.70. The van der Waals surface area contributed by atoms with Crippen molar-refractivity contribution in [3.05, 3.63) is 24.3 Å². The van der Waals surface area contributed by atoms with Gasteiger partial charge in [-0.1, -0.05) is 6.92 Å². The molecule has 0 aromatic heterocycles. The van der Waals surface area contributed by atoms with E-state index >= 15 is 0 Å². The third kappa shape index (κ3) is 3.01. The molecular weight excluding hydrogens is 228 g/mol. The molecule has 1 saturated heterocycles. The lowest BCUT2D eigenvalue weighted by atomic mass is 9.92. The number of carbonyl (C=O) groups excluding carboxylic acids is 1. The second-order valence-electron chi connectivity index (χ2n) is 4.77. The van der Waals surface area contributed by atoms with Crippen molar-refractivity contribution in [3.8, 4) is 5.75 Å². The fourth-order valence-corrected chi connectivity index (χ4v) is 2.29. The molecule has 1 amide bonds. The quantitative estimate of drug-likeness (QED) is 0.860. The number of hydrogen-bond donors (Lipinski definition) is 2. The molecule has 1 fully saturated rings. The van der Waals surface area contributed by atoms with Gasteiger partial charge in [0.25, 0.3) is 0 Å². The first-order valence-electron chi connectivity index (χ1n) is 6.39. The van der Waals surface area contributed by atoms with E-state index in [2.05, 4.69) is 17.6 Å². The molecule has 0 bridgehead atoms. The Balaban J connectivity index is 1.97. The van der Waals surface area contributed by atoms with Crippen LogP contribution in [0.3, 0.4) is 0 Å². The van der Waals surface area contributed by atoms with Gasteiger partial charge in [-0.3, -0.25) is 4.79 Å². The van der Waals surface area contributed by atoms with Crippen molar-refractivity contribution in [1.82, 2.24) is 5.32 Å². The molecule has 1 aliphatic heterocycles. The number of anilines is 1. The van der Waals surface area contributed by atoms with Gasteiger partial charge in [0, 0.05) is 5.69 Å². The van der Waals surface area contributed by atoms with E-state index in [-0.39, 0.29) is 11.9 Å². The van der Waals surface area contributed by atoms with E-state index in [0.717, 1.165) is 30.8 Å². The first kappa shape index (κ1) is 12.9. The SMILES string of the molecule is COc1ccc(NC(=O)C2NCCCC2C)cc1. The van der Waals surface area contributed by atoms with E-state index in [0.29, 0.717) is 5.92 Å². The Kier molecular flexibility index (Phi) is 4.20. The van der Waals surface area contributed by atoms with Gasteiger partial charge in [0.1, 0.15) is 5.75 Å². The summed E-state index contributed by atoms with van der Waals surface area (Å²) in [5, 5.41) is 6.21. The molecule has 2 unspecified atom stereocenters. The van der Waals surface area contributed by atoms with Crippen LogP contribution in [0.2, 0.25) is 0 Å². The lowest BCUT2D eigenvalue weighted by Gasteiger charge is -2.28. The molecule has 2 atom stereocenters. The van der Waals surface area contributed by atoms with E-state index in [1.165, 1.54) is 0 Å². The maximum atomic E-state index is 12.1. The van der Waals surface area contributed by atoms with Gasteiger partial charge in [-0.2, -0.15) is 0 Å². The largest absolute Gasteiger partial charge is 0.497 e. The summed E-state index contributed by atoms with van der Waals surface area (Å²) < 4.78 is 5.08. The molecule has 1 heterocycles. The maximum Gasteiger partial charge on any atom is 0.241 e. The minimum absolute atomic E-state index is 0.0485. The smallest absolute Gasteiger partial charge is 0.241 e. The summed E-state index contributed by atoms with van der Waals surface area (Å²) in [7, 11) is 1.63. The number of rotatable bonds is 3. The average molecular weight is 248 g/mol. The zero-order valence-electron chi connectivity index (χ0n) is 10.9. The highest BCUT2D eigenvalue weighted by Crippen LogP contribution is 2.19. The molecular formula is C14H20N2O2. The highest BCUT2D eigenvalue weighted by molar-refractivity contribution is 5.95. The molecule has 4 heteroatoms. The number of methoxy groups -OCH3 is 1. The molecule has 1 aliphatic rings. The van der Waals surface area contributed by atoms with Crippen LogP contribution in [0.5, 0.6) is 5.75 Å². The number of piperidine rings is 1. The number of benzene rings is 1. The number of nitrogens with one attached hydrogen (secondary N) is 2. The van der Waals surface area contributed by atoms with Gasteiger partial charge in [-0.15, -0.1) is 0 Å². The van der Waals surface area contributed by atoms with Gasteiger partial charge in [0.15, 0.2) is 0 Å². The molecule has 2 rings (SSSR count). The summed E-state index contributed by atoms with van der Waals surface area (Å²) in [6.07, 6.45) is 2.25. The van der Waals surface area contributed by atoms with Crippen LogP contribution in [0.25, 0.3) is 0 Å². The summed E-state index contributed by atoms with van der Waals surface area (Å²) in [6, 6.07) is 7.30. The molecule has 0 aliphatic carbocycles. The fraction of sp³-hybridized carbons (Fsp3) is 0.500. The van der Waals surface area contributed by atoms with E-state index in [9.17, 15) is 4.79 Å². The lowest BCUT2D eigenvalue weighted by molar-refractivity contribution is -0.119. The van der Waals surface area contributed by atoms with Gasteiger partial charge in [0.2, 0.25) is 5.91 Å². The maximum absolute atomic E-state index is 12.1. The number of hydrogen-bond acceptors (Lipinski definition) is 3. The van der Waals surface area contributed by atoms with Gasteiger partial charge in [0.05, 0.1) is 13.2 Å². The first-order valence-corrected chi connectivity index (χ1v) is 6.39. The van der Waals surface area contributed by atoms with E-state index in [1.807, 2.05) is 24.3 Å². The standard InChI is InChI=1S/C14H20N2O2/c1-10-4-3-9-15-13(10)14(17)16-11-5-7-12(18-2)8-6-11/h5-8,10,13,15H,3-4,9H2,1-2H3,(H,16,17). The Morgan fingerprint density at radius 1 is 1.39 bits per heavy atom. The van der Waals surface area contributed by atoms with Crippen LogP contribution in [0.4, 0.5) is 5.69 Å². The fourth-order valence-electron chi connectivity index (χ4n) is 2.29. The van der Waals surface area contributed by atoms with Crippen molar-refractivity contribution >= 4 is 11.6 Å². The lowest BCUT2D eigenvalue weighted by Crippen LogP contribution is -2.48. The van der Waals surface area contributed by atoms with E-state index in [1.54, 1.807) is 7.11 Å². The van der Waals surface area contributed by atoms with Crippen molar-refractivity contribution in [3.63, 3.8) is 0 Å². The van der Waals surface area contributed by atoms with Crippen molar-refractivity contribution in [2.45, 2.75) is 25.8 Å². The van der Waals surface area contributed by atoms with Gasteiger partial charge in [-0.25, -0.2) is 0 Å². The van der Waals surface area contributed by atoms with Gasteiger partial charge >= 0.3 is 0 Å². The molecule has 18 heavy (non-hydrogen) atoms. The molecule has 1 aromatic carbocycles. The van der Waals surface area contributed by atoms with Crippen LogP contribution in [0, 0.1) is 5.92 Å². The van der Waals surface area contributed by atoms with E-state index in [4.69, 9.17) is 4.74 Å². The Morgan fingerprint density at radius 3 is 2.72 bits per heavy atom. The highest BCUT2D eigenvalue weighted by Gasteiger charge is 2.27. The molecule has 98 valence electrons. The number of amides is 1. The van der Waals surface area contributed by atoms with Crippen LogP contribution in [-0.2, 0) is 4.79 Å². The van der Waals surface area contributed by atoms with Crippen LogP contribution in [0.15, 0.2) is 24.3 Å². The molecule has 0 saturated carbocycles. The topological polar surface area (TPSA) is 50.4 Å². The Bertz CT molecular complexity index is 403. The zero-order chi connectivity index (χ0) is 13.0. The van der Waals surface area contributed by atoms with E-state index < -0.39 is 0 Å². The molecule has 1 aromatic rings. The predicted octanol–water partition coefficient (Wildman–Crippen LogP) is 2.02. The van der Waals surface area contributed by atoms with Crippen LogP contribution < -0.4 is 15.4 Å². The van der Waals surface area contributed by atoms with Crippen molar-refractivity contribution in [2.75, 3.05) is 19.0 Å².